The van der Waals surface area contributed by atoms with Crippen LogP contribution in [0.4, 0.5) is 4.39 Å². The third-order valence-electron chi connectivity index (χ3n) is 2.98. The van der Waals surface area contributed by atoms with Crippen LogP contribution in [-0.4, -0.2) is 32.6 Å². The van der Waals surface area contributed by atoms with E-state index in [-0.39, 0.29) is 22.6 Å². The molecule has 0 aliphatic carbocycles. The van der Waals surface area contributed by atoms with Crippen LogP contribution in [0.2, 0.25) is 0 Å². The van der Waals surface area contributed by atoms with E-state index in [1.165, 1.54) is 26.2 Å². The predicted molar refractivity (Wildman–Crippen MR) is 74.3 cm³/mol. The first-order chi connectivity index (χ1) is 9.74. The van der Waals surface area contributed by atoms with Crippen molar-refractivity contribution in [2.75, 3.05) is 7.11 Å². The number of nitrogens with one attached hydrogen (secondary N) is 1. The number of sulfonamides is 1. The van der Waals surface area contributed by atoms with Crippen molar-refractivity contribution < 1.29 is 27.4 Å². The van der Waals surface area contributed by atoms with Crippen LogP contribution in [0.25, 0.3) is 0 Å². The molecule has 118 valence electrons. The van der Waals surface area contributed by atoms with Gasteiger partial charge in [0, 0.05) is 5.56 Å². The fraction of sp³-hybridized carbons (Fsp3) is 0.462. The number of halogens is 1. The maximum Gasteiger partial charge on any atom is 0.321 e. The first-order valence-electron chi connectivity index (χ1n) is 6.32. The highest BCUT2D eigenvalue weighted by Gasteiger charge is 2.27. The molecule has 1 rings (SSSR count). The van der Waals surface area contributed by atoms with Gasteiger partial charge in [-0.2, -0.15) is 4.72 Å². The van der Waals surface area contributed by atoms with Gasteiger partial charge in [0.15, 0.2) is 11.6 Å². The summed E-state index contributed by atoms with van der Waals surface area (Å²) in [6.07, 6.45) is 0.641. The lowest BCUT2D eigenvalue weighted by Gasteiger charge is -2.16. The molecule has 0 bridgehead atoms. The van der Waals surface area contributed by atoms with Crippen LogP contribution in [0.15, 0.2) is 17.0 Å². The predicted octanol–water partition coefficient (Wildman–Crippen LogP) is 1.67. The summed E-state index contributed by atoms with van der Waals surface area (Å²) in [5, 5.41) is 9.00. The van der Waals surface area contributed by atoms with E-state index in [4.69, 9.17) is 9.84 Å². The number of carboxylic acid groups (broad SMARTS) is 1. The van der Waals surface area contributed by atoms with Crippen LogP contribution < -0.4 is 9.46 Å². The van der Waals surface area contributed by atoms with E-state index < -0.39 is 27.9 Å². The Morgan fingerprint density at radius 2 is 2.10 bits per heavy atom. The molecule has 8 heteroatoms. The molecule has 0 spiro atoms. The zero-order valence-corrected chi connectivity index (χ0v) is 12.8. The van der Waals surface area contributed by atoms with Gasteiger partial charge in [-0.1, -0.05) is 13.3 Å². The molecule has 0 heterocycles. The van der Waals surface area contributed by atoms with E-state index in [1.54, 1.807) is 6.92 Å². The van der Waals surface area contributed by atoms with Gasteiger partial charge in [-0.25, -0.2) is 12.8 Å². The fourth-order valence-corrected chi connectivity index (χ4v) is 3.32. The Kier molecular flexibility index (Phi) is 5.68. The van der Waals surface area contributed by atoms with Gasteiger partial charge in [-0.05, 0) is 25.5 Å². The molecule has 0 saturated carbocycles. The quantitative estimate of drug-likeness (QED) is 0.797. The first kappa shape index (κ1) is 17.4. The molecule has 0 fully saturated rings. The Balaban J connectivity index is 3.19. The van der Waals surface area contributed by atoms with E-state index in [0.717, 1.165) is 0 Å². The molecule has 0 saturated heterocycles. The summed E-state index contributed by atoms with van der Waals surface area (Å²) < 4.78 is 45.2. The summed E-state index contributed by atoms with van der Waals surface area (Å²) >= 11 is 0. The number of aliphatic carboxylic acids is 1. The number of carboxylic acids is 1. The van der Waals surface area contributed by atoms with E-state index in [2.05, 4.69) is 4.72 Å². The van der Waals surface area contributed by atoms with Gasteiger partial charge in [0.2, 0.25) is 10.0 Å². The standard InChI is InChI=1S/C13H18FNO5S/c1-4-5-9(13(16)17)15-21(18,19)11-7-6-10(20-3)12(14)8(11)2/h6-7,9,15H,4-5H2,1-3H3,(H,16,17). The molecule has 1 atom stereocenters. The smallest absolute Gasteiger partial charge is 0.321 e. The molecule has 0 aliphatic heterocycles. The molecular formula is C13H18FNO5S. The lowest BCUT2D eigenvalue weighted by molar-refractivity contribution is -0.139. The number of rotatable bonds is 7. The van der Waals surface area contributed by atoms with E-state index in [1.807, 2.05) is 0 Å². The van der Waals surface area contributed by atoms with Crippen LogP contribution in [0.3, 0.4) is 0 Å². The molecule has 6 nitrogen and oxygen atoms in total. The monoisotopic (exact) mass is 319 g/mol. The number of ether oxygens (including phenoxy) is 1. The van der Waals surface area contributed by atoms with Crippen LogP contribution in [0.1, 0.15) is 25.3 Å². The molecule has 21 heavy (non-hydrogen) atoms. The largest absolute Gasteiger partial charge is 0.494 e. The summed E-state index contributed by atoms with van der Waals surface area (Å²) in [6, 6.07) is 1.13. The second-order valence-electron chi connectivity index (χ2n) is 4.51. The van der Waals surface area contributed by atoms with Crippen molar-refractivity contribution in [1.29, 1.82) is 0 Å². The summed E-state index contributed by atoms with van der Waals surface area (Å²) in [5.74, 6) is -2.13. The van der Waals surface area contributed by atoms with Crippen molar-refractivity contribution in [1.82, 2.24) is 4.72 Å². The second kappa shape index (κ2) is 6.86. The van der Waals surface area contributed by atoms with Crippen LogP contribution in [0, 0.1) is 12.7 Å². The highest BCUT2D eigenvalue weighted by molar-refractivity contribution is 7.89. The maximum absolute atomic E-state index is 13.9. The van der Waals surface area contributed by atoms with Gasteiger partial charge in [0.05, 0.1) is 12.0 Å². The topological polar surface area (TPSA) is 92.7 Å². The molecule has 1 aromatic carbocycles. The summed E-state index contributed by atoms with van der Waals surface area (Å²) in [6.45, 7) is 3.03. The molecular weight excluding hydrogens is 301 g/mol. The van der Waals surface area contributed by atoms with Crippen molar-refractivity contribution in [3.05, 3.63) is 23.5 Å². The molecule has 2 N–H and O–H groups in total. The highest BCUT2D eigenvalue weighted by Crippen LogP contribution is 2.26. The van der Waals surface area contributed by atoms with Crippen LogP contribution in [0.5, 0.6) is 5.75 Å². The lowest BCUT2D eigenvalue weighted by atomic mass is 10.2. The second-order valence-corrected chi connectivity index (χ2v) is 6.19. The van der Waals surface area contributed by atoms with Gasteiger partial charge in [0.25, 0.3) is 0 Å². The van der Waals surface area contributed by atoms with Crippen molar-refractivity contribution in [3.63, 3.8) is 0 Å². The third-order valence-corrected chi connectivity index (χ3v) is 4.60. The Bertz CT molecular complexity index is 630. The number of benzene rings is 1. The van der Waals surface area contributed by atoms with E-state index in [0.29, 0.717) is 6.42 Å². The number of hydrogen-bond donors (Lipinski definition) is 2. The summed E-state index contributed by atoms with van der Waals surface area (Å²) in [4.78, 5) is 10.7. The Morgan fingerprint density at radius 3 is 2.57 bits per heavy atom. The maximum atomic E-state index is 13.9. The van der Waals surface area contributed by atoms with Crippen LogP contribution >= 0.6 is 0 Å². The van der Waals surface area contributed by atoms with Gasteiger partial charge < -0.3 is 9.84 Å². The van der Waals surface area contributed by atoms with E-state index >= 15 is 0 Å². The number of methoxy groups -OCH3 is 1. The average Bonchev–Trinajstić information content (AvgIpc) is 2.40. The highest BCUT2D eigenvalue weighted by atomic mass is 32.2. The summed E-state index contributed by atoms with van der Waals surface area (Å²) in [5.41, 5.74) is -0.123. The van der Waals surface area contributed by atoms with Crippen molar-refractivity contribution in [2.24, 2.45) is 0 Å². The van der Waals surface area contributed by atoms with Crippen molar-refractivity contribution in [3.8, 4) is 5.75 Å². The molecule has 0 aliphatic rings. The minimum Gasteiger partial charge on any atom is -0.494 e. The zero-order valence-electron chi connectivity index (χ0n) is 12.0. The first-order valence-corrected chi connectivity index (χ1v) is 7.81. The Labute approximate surface area is 123 Å². The molecule has 1 unspecified atom stereocenters. The normalized spacial score (nSPS) is 13.0. The Hall–Kier alpha value is -1.67. The minimum atomic E-state index is -4.13. The SMILES string of the molecule is CCCC(NS(=O)(=O)c1ccc(OC)c(F)c1C)C(=O)O. The molecule has 0 aromatic heterocycles. The molecule has 0 amide bonds. The van der Waals surface area contributed by atoms with Gasteiger partial charge in [0.1, 0.15) is 6.04 Å². The third kappa shape index (κ3) is 3.92. The lowest BCUT2D eigenvalue weighted by Crippen LogP contribution is -2.40. The number of hydrogen-bond acceptors (Lipinski definition) is 4. The van der Waals surface area contributed by atoms with Gasteiger partial charge >= 0.3 is 5.97 Å². The van der Waals surface area contributed by atoms with Crippen LogP contribution in [-0.2, 0) is 14.8 Å². The average molecular weight is 319 g/mol. The molecule has 0 radical (unpaired) electrons. The summed E-state index contributed by atoms with van der Waals surface area (Å²) in [7, 11) is -2.86. The zero-order chi connectivity index (χ0) is 16.2. The number of carbonyl (C=O) groups is 1. The Morgan fingerprint density at radius 1 is 1.48 bits per heavy atom. The van der Waals surface area contributed by atoms with Crippen molar-refractivity contribution >= 4 is 16.0 Å². The van der Waals surface area contributed by atoms with E-state index in [9.17, 15) is 17.6 Å². The molecule has 1 aromatic rings. The van der Waals surface area contributed by atoms with Crippen molar-refractivity contribution in [2.45, 2.75) is 37.6 Å². The fourth-order valence-electron chi connectivity index (χ4n) is 1.86. The van der Waals surface area contributed by atoms with Gasteiger partial charge in [-0.3, -0.25) is 4.79 Å². The minimum absolute atomic E-state index is 0.0743. The van der Waals surface area contributed by atoms with Gasteiger partial charge in [-0.15, -0.1) is 0 Å².